The van der Waals surface area contributed by atoms with Crippen molar-refractivity contribution >= 4 is 18.5 Å². The molecule has 0 aromatic heterocycles. The summed E-state index contributed by atoms with van der Waals surface area (Å²) in [5, 5.41) is 0. The summed E-state index contributed by atoms with van der Waals surface area (Å²) >= 11 is 0. The number of ether oxygens (including phenoxy) is 1. The smallest absolute Gasteiger partial charge is 0.435 e. The lowest BCUT2D eigenvalue weighted by Crippen LogP contribution is -2.41. The summed E-state index contributed by atoms with van der Waals surface area (Å²) in [4.78, 5) is 13.4. The Morgan fingerprint density at radius 3 is 2.17 bits per heavy atom. The SMILES string of the molecule is CN(C)C(=O)c1ccc(B2OC(C)(C)C(C)(C)O2)c(OC(F)F)c1. The molecule has 0 aliphatic carbocycles. The number of alkyl halides is 2. The van der Waals surface area contributed by atoms with Gasteiger partial charge < -0.3 is 18.9 Å². The van der Waals surface area contributed by atoms with Crippen LogP contribution in [0.2, 0.25) is 0 Å². The normalized spacial score (nSPS) is 18.8. The minimum atomic E-state index is -3.02. The predicted molar refractivity (Wildman–Crippen MR) is 86.8 cm³/mol. The zero-order chi connectivity index (χ0) is 18.3. The van der Waals surface area contributed by atoms with Gasteiger partial charge in [0.1, 0.15) is 5.75 Å². The third-order valence-corrected chi connectivity index (χ3v) is 4.39. The van der Waals surface area contributed by atoms with Crippen LogP contribution in [0.15, 0.2) is 18.2 Å². The molecule has 1 saturated heterocycles. The molecule has 2 rings (SSSR count). The van der Waals surface area contributed by atoms with E-state index < -0.39 is 24.9 Å². The molecule has 1 aromatic rings. The van der Waals surface area contributed by atoms with Crippen molar-refractivity contribution in [1.29, 1.82) is 0 Å². The molecule has 0 spiro atoms. The quantitative estimate of drug-likeness (QED) is 0.789. The van der Waals surface area contributed by atoms with E-state index in [2.05, 4.69) is 4.74 Å². The number of halogens is 2. The molecule has 1 fully saturated rings. The van der Waals surface area contributed by atoms with Crippen molar-refractivity contribution in [2.75, 3.05) is 14.1 Å². The van der Waals surface area contributed by atoms with E-state index in [-0.39, 0.29) is 17.2 Å². The maximum Gasteiger partial charge on any atom is 0.498 e. The topological polar surface area (TPSA) is 48.0 Å². The van der Waals surface area contributed by atoms with Crippen LogP contribution in [0.4, 0.5) is 8.78 Å². The van der Waals surface area contributed by atoms with Crippen LogP contribution in [-0.4, -0.2) is 49.8 Å². The second kappa shape index (κ2) is 6.33. The van der Waals surface area contributed by atoms with E-state index in [1.807, 2.05) is 27.7 Å². The zero-order valence-electron chi connectivity index (χ0n) is 14.7. The van der Waals surface area contributed by atoms with Gasteiger partial charge in [0.2, 0.25) is 0 Å². The predicted octanol–water partition coefficient (Wildman–Crippen LogP) is 2.29. The van der Waals surface area contributed by atoms with E-state index in [1.54, 1.807) is 20.2 Å². The standard InChI is InChI=1S/C16H22BF2NO4/c1-15(2)16(3,4)24-17(23-15)11-8-7-10(13(21)20(5)6)9-12(11)22-14(18)19/h7-9,14H,1-6H3. The zero-order valence-corrected chi connectivity index (χ0v) is 14.7. The van der Waals surface area contributed by atoms with Crippen LogP contribution in [-0.2, 0) is 9.31 Å². The van der Waals surface area contributed by atoms with Crippen LogP contribution in [0, 0.1) is 0 Å². The van der Waals surface area contributed by atoms with Crippen LogP contribution in [0.5, 0.6) is 5.75 Å². The summed E-state index contributed by atoms with van der Waals surface area (Å²) in [6.45, 7) is 4.44. The second-order valence-electron chi connectivity index (χ2n) is 6.92. The van der Waals surface area contributed by atoms with E-state index in [9.17, 15) is 13.6 Å². The first-order valence-corrected chi connectivity index (χ1v) is 7.60. The lowest BCUT2D eigenvalue weighted by Gasteiger charge is -2.32. The molecule has 5 nitrogen and oxygen atoms in total. The molecule has 0 unspecified atom stereocenters. The average Bonchev–Trinajstić information content (AvgIpc) is 2.65. The molecule has 24 heavy (non-hydrogen) atoms. The van der Waals surface area contributed by atoms with Crippen LogP contribution in [0.3, 0.4) is 0 Å². The van der Waals surface area contributed by atoms with Crippen molar-refractivity contribution in [3.63, 3.8) is 0 Å². The Morgan fingerprint density at radius 1 is 1.17 bits per heavy atom. The molecule has 0 atom stereocenters. The summed E-state index contributed by atoms with van der Waals surface area (Å²) in [5.74, 6) is -0.439. The van der Waals surface area contributed by atoms with Gasteiger partial charge in [-0.15, -0.1) is 0 Å². The van der Waals surface area contributed by atoms with Crippen LogP contribution < -0.4 is 10.2 Å². The van der Waals surface area contributed by atoms with Crippen molar-refractivity contribution < 1.29 is 27.6 Å². The Bertz CT molecular complexity index is 619. The molecular weight excluding hydrogens is 319 g/mol. The van der Waals surface area contributed by atoms with Crippen LogP contribution in [0.1, 0.15) is 38.1 Å². The summed E-state index contributed by atoms with van der Waals surface area (Å²) in [6, 6.07) is 4.35. The summed E-state index contributed by atoms with van der Waals surface area (Å²) in [6.07, 6.45) is 0. The first-order valence-electron chi connectivity index (χ1n) is 7.60. The van der Waals surface area contributed by atoms with Crippen molar-refractivity contribution in [3.05, 3.63) is 23.8 Å². The van der Waals surface area contributed by atoms with Gasteiger partial charge in [0.05, 0.1) is 11.2 Å². The van der Waals surface area contributed by atoms with Gasteiger partial charge in [0, 0.05) is 25.1 Å². The molecule has 0 radical (unpaired) electrons. The third kappa shape index (κ3) is 3.54. The third-order valence-electron chi connectivity index (χ3n) is 4.39. The average molecular weight is 341 g/mol. The van der Waals surface area contributed by atoms with Crippen molar-refractivity contribution in [2.24, 2.45) is 0 Å². The Hall–Kier alpha value is -1.67. The Kier molecular flexibility index (Phi) is 4.92. The van der Waals surface area contributed by atoms with E-state index in [0.29, 0.717) is 5.46 Å². The molecule has 0 N–H and O–H groups in total. The lowest BCUT2D eigenvalue weighted by molar-refractivity contribution is -0.0493. The van der Waals surface area contributed by atoms with Gasteiger partial charge in [-0.3, -0.25) is 4.79 Å². The van der Waals surface area contributed by atoms with Gasteiger partial charge in [-0.2, -0.15) is 8.78 Å². The number of carbonyl (C=O) groups excluding carboxylic acids is 1. The monoisotopic (exact) mass is 341 g/mol. The highest BCUT2D eigenvalue weighted by Gasteiger charge is 2.52. The highest BCUT2D eigenvalue weighted by Crippen LogP contribution is 2.37. The van der Waals surface area contributed by atoms with Crippen molar-refractivity contribution in [3.8, 4) is 5.75 Å². The molecule has 0 bridgehead atoms. The van der Waals surface area contributed by atoms with Gasteiger partial charge in [-0.25, -0.2) is 0 Å². The van der Waals surface area contributed by atoms with E-state index >= 15 is 0 Å². The number of rotatable bonds is 4. The molecule has 1 amide bonds. The molecule has 132 valence electrons. The van der Waals surface area contributed by atoms with Gasteiger partial charge in [0.25, 0.3) is 5.91 Å². The fourth-order valence-electron chi connectivity index (χ4n) is 2.29. The first-order chi connectivity index (χ1) is 10.9. The molecule has 1 aliphatic heterocycles. The Labute approximate surface area is 141 Å². The molecule has 1 aliphatic rings. The molecule has 1 heterocycles. The number of benzene rings is 1. The first kappa shape index (κ1) is 18.7. The number of hydrogen-bond acceptors (Lipinski definition) is 4. The lowest BCUT2D eigenvalue weighted by atomic mass is 9.78. The van der Waals surface area contributed by atoms with Gasteiger partial charge in [-0.05, 0) is 39.8 Å². The van der Waals surface area contributed by atoms with E-state index in [1.165, 1.54) is 17.0 Å². The second-order valence-corrected chi connectivity index (χ2v) is 6.92. The number of nitrogens with zero attached hydrogens (tertiary/aromatic N) is 1. The number of carbonyl (C=O) groups is 1. The van der Waals surface area contributed by atoms with Crippen molar-refractivity contribution in [1.82, 2.24) is 4.90 Å². The van der Waals surface area contributed by atoms with Gasteiger partial charge in [-0.1, -0.05) is 6.07 Å². The van der Waals surface area contributed by atoms with Crippen molar-refractivity contribution in [2.45, 2.75) is 45.5 Å². The molecular formula is C16H22BF2NO4. The van der Waals surface area contributed by atoms with Gasteiger partial charge in [0.15, 0.2) is 0 Å². The fourth-order valence-corrected chi connectivity index (χ4v) is 2.29. The van der Waals surface area contributed by atoms with Crippen LogP contribution >= 0.6 is 0 Å². The maximum atomic E-state index is 12.8. The largest absolute Gasteiger partial charge is 0.498 e. The Morgan fingerprint density at radius 2 is 1.71 bits per heavy atom. The molecule has 0 saturated carbocycles. The highest BCUT2D eigenvalue weighted by molar-refractivity contribution is 6.63. The van der Waals surface area contributed by atoms with Gasteiger partial charge >= 0.3 is 13.7 Å². The van der Waals surface area contributed by atoms with E-state index in [4.69, 9.17) is 9.31 Å². The van der Waals surface area contributed by atoms with Crippen LogP contribution in [0.25, 0.3) is 0 Å². The maximum absolute atomic E-state index is 12.8. The fraction of sp³-hybridized carbons (Fsp3) is 0.562. The number of hydrogen-bond donors (Lipinski definition) is 0. The number of amides is 1. The minimum absolute atomic E-state index is 0.129. The Balaban J connectivity index is 2.41. The molecule has 1 aromatic carbocycles. The van der Waals surface area contributed by atoms with E-state index in [0.717, 1.165) is 0 Å². The molecule has 8 heteroatoms. The summed E-state index contributed by atoms with van der Waals surface area (Å²) < 4.78 is 41.9. The summed E-state index contributed by atoms with van der Waals surface area (Å²) in [7, 11) is 2.31. The highest BCUT2D eigenvalue weighted by atomic mass is 19.3. The minimum Gasteiger partial charge on any atom is -0.435 e. The summed E-state index contributed by atoms with van der Waals surface area (Å²) in [5.41, 5.74) is -0.657.